The van der Waals surface area contributed by atoms with E-state index >= 15 is 0 Å². The zero-order valence-electron chi connectivity index (χ0n) is 17.6. The molecule has 0 unspecified atom stereocenters. The first kappa shape index (κ1) is 20.9. The molecule has 1 aromatic heterocycles. The number of nitrogens with one attached hydrogen (secondary N) is 2. The minimum atomic E-state index is 0.0918. The molecule has 0 aliphatic heterocycles. The highest BCUT2D eigenvalue weighted by Gasteiger charge is 2.23. The fraction of sp³-hybridized carbons (Fsp3) is 0.500. The van der Waals surface area contributed by atoms with Crippen LogP contribution in [0.5, 0.6) is 0 Å². The third-order valence-electron chi connectivity index (χ3n) is 5.36. The first-order chi connectivity index (χ1) is 14.0. The second kappa shape index (κ2) is 10.1. The van der Waals surface area contributed by atoms with Gasteiger partial charge in [0.15, 0.2) is 0 Å². The van der Waals surface area contributed by atoms with Crippen molar-refractivity contribution >= 4 is 23.4 Å². The molecule has 2 N–H and O–H groups in total. The second-order valence-electron chi connectivity index (χ2n) is 7.74. The van der Waals surface area contributed by atoms with Gasteiger partial charge in [-0.25, -0.2) is 4.98 Å². The first-order valence-corrected chi connectivity index (χ1v) is 10.4. The Labute approximate surface area is 173 Å². The Morgan fingerprint density at radius 2 is 1.76 bits per heavy atom. The molecule has 29 heavy (non-hydrogen) atoms. The quantitative estimate of drug-likeness (QED) is 0.715. The molecule has 0 saturated heterocycles. The van der Waals surface area contributed by atoms with Crippen molar-refractivity contribution in [3.05, 3.63) is 42.6 Å². The lowest BCUT2D eigenvalue weighted by molar-refractivity contribution is -0.120. The van der Waals surface area contributed by atoms with E-state index in [-0.39, 0.29) is 11.9 Å². The fourth-order valence-electron chi connectivity index (χ4n) is 3.70. The molecule has 156 valence electrons. The van der Waals surface area contributed by atoms with Crippen molar-refractivity contribution in [3.63, 3.8) is 0 Å². The molecule has 7 heteroatoms. The highest BCUT2D eigenvalue weighted by atomic mass is 16.2. The largest absolute Gasteiger partial charge is 0.363 e. The van der Waals surface area contributed by atoms with Gasteiger partial charge in [0, 0.05) is 44.6 Å². The van der Waals surface area contributed by atoms with E-state index in [0.29, 0.717) is 18.5 Å². The van der Waals surface area contributed by atoms with Gasteiger partial charge in [-0.05, 0) is 50.8 Å². The van der Waals surface area contributed by atoms with E-state index in [1.807, 2.05) is 55.4 Å². The van der Waals surface area contributed by atoms with Crippen LogP contribution in [0, 0.1) is 0 Å². The third kappa shape index (κ3) is 6.07. The summed E-state index contributed by atoms with van der Waals surface area (Å²) < 4.78 is 0. The number of likely N-dealkylation sites (N-methyl/N-ethyl adjacent to an activating group) is 1. The summed E-state index contributed by atoms with van der Waals surface area (Å²) in [7, 11) is 3.94. The van der Waals surface area contributed by atoms with Crippen LogP contribution in [0.2, 0.25) is 0 Å². The van der Waals surface area contributed by atoms with Crippen molar-refractivity contribution in [2.75, 3.05) is 42.3 Å². The summed E-state index contributed by atoms with van der Waals surface area (Å²) in [4.78, 5) is 25.5. The molecule has 1 aliphatic rings. The number of amides is 1. The second-order valence-corrected chi connectivity index (χ2v) is 7.74. The van der Waals surface area contributed by atoms with Crippen LogP contribution in [0.3, 0.4) is 0 Å². The van der Waals surface area contributed by atoms with Crippen molar-refractivity contribution < 1.29 is 4.79 Å². The van der Waals surface area contributed by atoms with Crippen LogP contribution in [-0.2, 0) is 4.79 Å². The van der Waals surface area contributed by atoms with Gasteiger partial charge in [-0.1, -0.05) is 18.2 Å². The van der Waals surface area contributed by atoms with Crippen molar-refractivity contribution in [2.45, 2.75) is 44.7 Å². The first-order valence-electron chi connectivity index (χ1n) is 10.4. The van der Waals surface area contributed by atoms with Gasteiger partial charge >= 0.3 is 0 Å². The zero-order valence-corrected chi connectivity index (χ0v) is 17.6. The van der Waals surface area contributed by atoms with E-state index in [2.05, 4.69) is 32.4 Å². The zero-order chi connectivity index (χ0) is 20.6. The molecule has 0 radical (unpaired) electrons. The van der Waals surface area contributed by atoms with Gasteiger partial charge in [-0.3, -0.25) is 4.79 Å². The van der Waals surface area contributed by atoms with E-state index < -0.39 is 0 Å². The van der Waals surface area contributed by atoms with Crippen LogP contribution in [0.4, 0.5) is 17.5 Å². The van der Waals surface area contributed by atoms with Crippen LogP contribution < -0.4 is 20.4 Å². The van der Waals surface area contributed by atoms with Gasteiger partial charge in [-0.15, -0.1) is 0 Å². The monoisotopic (exact) mass is 396 g/mol. The lowest BCUT2D eigenvalue weighted by Gasteiger charge is -2.31. The lowest BCUT2D eigenvalue weighted by atomic mass is 9.91. The average molecular weight is 397 g/mol. The number of hydrogen-bond acceptors (Lipinski definition) is 6. The Hall–Kier alpha value is -2.83. The number of rotatable bonds is 8. The SMILES string of the molecule is CCN(CC(=O)NC1CCC(Nc2nccc(N(C)C)n2)CC1)c1ccccc1. The average Bonchev–Trinajstić information content (AvgIpc) is 2.74. The topological polar surface area (TPSA) is 73.4 Å². The van der Waals surface area contributed by atoms with Crippen LogP contribution >= 0.6 is 0 Å². The molecule has 1 aliphatic carbocycles. The Morgan fingerprint density at radius 3 is 2.41 bits per heavy atom. The summed E-state index contributed by atoms with van der Waals surface area (Å²) in [5, 5.41) is 6.66. The molecule has 7 nitrogen and oxygen atoms in total. The Kier molecular flexibility index (Phi) is 7.27. The molecule has 1 aromatic carbocycles. The lowest BCUT2D eigenvalue weighted by Crippen LogP contribution is -2.44. The predicted molar refractivity (Wildman–Crippen MR) is 118 cm³/mol. The maximum atomic E-state index is 12.5. The van der Waals surface area contributed by atoms with Crippen LogP contribution in [0.1, 0.15) is 32.6 Å². The molecule has 2 aromatic rings. The van der Waals surface area contributed by atoms with E-state index in [0.717, 1.165) is 43.7 Å². The van der Waals surface area contributed by atoms with E-state index in [1.54, 1.807) is 6.20 Å². The minimum absolute atomic E-state index is 0.0918. The highest BCUT2D eigenvalue weighted by molar-refractivity contribution is 5.81. The third-order valence-corrected chi connectivity index (χ3v) is 5.36. The maximum Gasteiger partial charge on any atom is 0.239 e. The summed E-state index contributed by atoms with van der Waals surface area (Å²) >= 11 is 0. The van der Waals surface area contributed by atoms with Crippen molar-refractivity contribution in [2.24, 2.45) is 0 Å². The molecule has 1 saturated carbocycles. The molecular weight excluding hydrogens is 364 g/mol. The number of para-hydroxylation sites is 1. The number of carbonyl (C=O) groups is 1. The van der Waals surface area contributed by atoms with Gasteiger partial charge in [0.1, 0.15) is 5.82 Å². The van der Waals surface area contributed by atoms with Crippen LogP contribution in [-0.4, -0.2) is 55.1 Å². The fourth-order valence-corrected chi connectivity index (χ4v) is 3.70. The van der Waals surface area contributed by atoms with Crippen molar-refractivity contribution in [1.29, 1.82) is 0 Å². The van der Waals surface area contributed by atoms with Crippen molar-refractivity contribution in [1.82, 2.24) is 15.3 Å². The van der Waals surface area contributed by atoms with Crippen molar-refractivity contribution in [3.8, 4) is 0 Å². The number of hydrogen-bond donors (Lipinski definition) is 2. The van der Waals surface area contributed by atoms with E-state index in [4.69, 9.17) is 0 Å². The molecule has 1 heterocycles. The number of carbonyl (C=O) groups excluding carboxylic acids is 1. The minimum Gasteiger partial charge on any atom is -0.363 e. The van der Waals surface area contributed by atoms with Gasteiger partial charge in [-0.2, -0.15) is 4.98 Å². The molecule has 1 amide bonds. The van der Waals surface area contributed by atoms with Gasteiger partial charge in [0.2, 0.25) is 11.9 Å². The maximum absolute atomic E-state index is 12.5. The molecule has 0 bridgehead atoms. The summed E-state index contributed by atoms with van der Waals surface area (Å²) in [6.45, 7) is 3.27. The van der Waals surface area contributed by atoms with E-state index in [9.17, 15) is 4.79 Å². The summed E-state index contributed by atoms with van der Waals surface area (Å²) in [5.41, 5.74) is 1.08. The Bertz CT molecular complexity index is 774. The van der Waals surface area contributed by atoms with Gasteiger partial charge in [0.05, 0.1) is 6.54 Å². The van der Waals surface area contributed by atoms with Crippen LogP contribution in [0.15, 0.2) is 42.6 Å². The standard InChI is InChI=1S/C22H32N6O/c1-4-28(19-8-6-5-7-9-19)16-21(29)24-17-10-12-18(13-11-17)25-22-23-15-14-20(26-22)27(2)3/h5-9,14-15,17-18H,4,10-13,16H2,1-3H3,(H,24,29)(H,23,25,26). The molecule has 3 rings (SSSR count). The smallest absolute Gasteiger partial charge is 0.239 e. The van der Waals surface area contributed by atoms with E-state index in [1.165, 1.54) is 0 Å². The number of nitrogens with zero attached hydrogens (tertiary/aromatic N) is 4. The number of benzene rings is 1. The Balaban J connectivity index is 1.44. The normalized spacial score (nSPS) is 18.7. The van der Waals surface area contributed by atoms with Gasteiger partial charge in [0.25, 0.3) is 0 Å². The Morgan fingerprint density at radius 1 is 1.07 bits per heavy atom. The molecule has 0 spiro atoms. The van der Waals surface area contributed by atoms with Gasteiger partial charge < -0.3 is 20.4 Å². The highest BCUT2D eigenvalue weighted by Crippen LogP contribution is 2.22. The predicted octanol–water partition coefficient (Wildman–Crippen LogP) is 2.91. The number of anilines is 3. The summed E-state index contributed by atoms with van der Waals surface area (Å²) in [6, 6.07) is 12.6. The van der Waals surface area contributed by atoms with Crippen LogP contribution in [0.25, 0.3) is 0 Å². The molecule has 0 atom stereocenters. The summed E-state index contributed by atoms with van der Waals surface area (Å²) in [5.74, 6) is 1.65. The summed E-state index contributed by atoms with van der Waals surface area (Å²) in [6.07, 6.45) is 5.71. The molecule has 1 fully saturated rings. The number of aromatic nitrogens is 2. The molecular formula is C22H32N6O.